The SMILES string of the molecule is Cc1[nH]c(=O)[nH]c1C(=O)c1ccc(NC(=O)NCCNC(=NCCCc2cnc[nH]2)NC(=O)OC(C)(C)C)cc1. The summed E-state index contributed by atoms with van der Waals surface area (Å²) in [6.45, 7) is 7.88. The van der Waals surface area contributed by atoms with Crippen molar-refractivity contribution in [2.45, 2.75) is 46.1 Å². The molecule has 0 radical (unpaired) electrons. The molecule has 3 amide bonds. The van der Waals surface area contributed by atoms with E-state index >= 15 is 0 Å². The lowest BCUT2D eigenvalue weighted by molar-refractivity contribution is 0.0561. The molecule has 0 spiro atoms. The van der Waals surface area contributed by atoms with Gasteiger partial charge in [0.15, 0.2) is 0 Å². The van der Waals surface area contributed by atoms with Crippen LogP contribution in [0.15, 0.2) is 46.6 Å². The number of carbonyl (C=O) groups excluding carboxylic acids is 3. The number of aromatic nitrogens is 4. The summed E-state index contributed by atoms with van der Waals surface area (Å²) in [4.78, 5) is 64.9. The molecular formula is C26H35N9O5. The molecule has 0 saturated carbocycles. The van der Waals surface area contributed by atoms with E-state index in [-0.39, 0.29) is 30.5 Å². The number of imidazole rings is 2. The van der Waals surface area contributed by atoms with Crippen molar-refractivity contribution in [1.82, 2.24) is 35.9 Å². The van der Waals surface area contributed by atoms with E-state index in [0.29, 0.717) is 23.5 Å². The van der Waals surface area contributed by atoms with Gasteiger partial charge in [-0.3, -0.25) is 15.1 Å². The first-order chi connectivity index (χ1) is 19.0. The summed E-state index contributed by atoms with van der Waals surface area (Å²) >= 11 is 0. The summed E-state index contributed by atoms with van der Waals surface area (Å²) in [7, 11) is 0. The lowest BCUT2D eigenvalue weighted by Gasteiger charge is -2.20. The van der Waals surface area contributed by atoms with Crippen molar-refractivity contribution in [3.8, 4) is 0 Å². The number of alkyl carbamates (subject to hydrolysis) is 1. The third kappa shape index (κ3) is 9.78. The summed E-state index contributed by atoms with van der Waals surface area (Å²) < 4.78 is 5.30. The van der Waals surface area contributed by atoms with Crippen molar-refractivity contribution in [2.24, 2.45) is 4.99 Å². The Morgan fingerprint density at radius 1 is 1.05 bits per heavy atom. The highest BCUT2D eigenvalue weighted by Crippen LogP contribution is 2.13. The third-order valence-electron chi connectivity index (χ3n) is 5.30. The number of ether oxygens (including phenoxy) is 1. The summed E-state index contributed by atoms with van der Waals surface area (Å²) in [5.41, 5.74) is 1.37. The topological polar surface area (TPSA) is 198 Å². The Hall–Kier alpha value is -4.88. The number of ketones is 1. The Bertz CT molecular complexity index is 1370. The minimum absolute atomic E-state index is 0.192. The van der Waals surface area contributed by atoms with Gasteiger partial charge in [0.1, 0.15) is 11.3 Å². The molecule has 0 saturated heterocycles. The molecule has 0 unspecified atom stereocenters. The molecule has 14 nitrogen and oxygen atoms in total. The van der Waals surface area contributed by atoms with Crippen molar-refractivity contribution in [2.75, 3.05) is 25.0 Å². The molecule has 1 aromatic carbocycles. The van der Waals surface area contributed by atoms with E-state index in [1.807, 2.05) is 0 Å². The highest BCUT2D eigenvalue weighted by atomic mass is 16.6. The number of amides is 3. The standard InChI is InChI=1S/C26H35N9O5/c1-16-20(34-24(38)32-16)21(36)17-7-9-18(10-8-17)33-23(37)30-13-12-29-22(35-25(39)40-26(2,3)4)28-11-5-6-19-14-27-15-31-19/h7-10,14-15H,5-6,11-13H2,1-4H3,(H,27,31)(H2,30,33,37)(H2,32,34,38)(H2,28,29,35,39). The first kappa shape index (κ1) is 29.7. The smallest absolute Gasteiger partial charge is 0.414 e. The number of H-pyrrole nitrogens is 3. The number of aliphatic imine (C=N–C) groups is 1. The normalized spacial score (nSPS) is 11.6. The summed E-state index contributed by atoms with van der Waals surface area (Å²) in [6, 6.07) is 5.84. The number of anilines is 1. The van der Waals surface area contributed by atoms with E-state index in [1.165, 1.54) is 0 Å². The monoisotopic (exact) mass is 553 g/mol. The van der Waals surface area contributed by atoms with Gasteiger partial charge in [-0.25, -0.2) is 19.4 Å². The average Bonchev–Trinajstić information content (AvgIpc) is 3.52. The van der Waals surface area contributed by atoms with Gasteiger partial charge in [-0.1, -0.05) is 0 Å². The number of benzene rings is 1. The molecule has 214 valence electrons. The molecule has 40 heavy (non-hydrogen) atoms. The van der Waals surface area contributed by atoms with Crippen LogP contribution < -0.4 is 27.0 Å². The Kier molecular flexibility index (Phi) is 10.2. The molecule has 0 fully saturated rings. The summed E-state index contributed by atoms with van der Waals surface area (Å²) in [5.74, 6) is -0.1000. The van der Waals surface area contributed by atoms with Crippen molar-refractivity contribution >= 4 is 29.6 Å². The number of guanidine groups is 1. The number of urea groups is 1. The maximum absolute atomic E-state index is 12.6. The van der Waals surface area contributed by atoms with Crippen LogP contribution in [0.2, 0.25) is 0 Å². The van der Waals surface area contributed by atoms with Gasteiger partial charge in [-0.15, -0.1) is 0 Å². The van der Waals surface area contributed by atoms with Crippen LogP contribution in [0.3, 0.4) is 0 Å². The molecule has 0 aliphatic heterocycles. The predicted octanol–water partition coefficient (Wildman–Crippen LogP) is 2.19. The zero-order chi connectivity index (χ0) is 29.1. The number of carbonyl (C=O) groups is 3. The predicted molar refractivity (Wildman–Crippen MR) is 150 cm³/mol. The van der Waals surface area contributed by atoms with E-state index in [0.717, 1.165) is 18.5 Å². The van der Waals surface area contributed by atoms with E-state index in [9.17, 15) is 19.2 Å². The van der Waals surface area contributed by atoms with Crippen LogP contribution in [0.5, 0.6) is 0 Å². The van der Waals surface area contributed by atoms with Gasteiger partial charge >= 0.3 is 17.8 Å². The molecule has 3 rings (SSSR count). The Balaban J connectivity index is 1.46. The number of rotatable bonds is 10. The lowest BCUT2D eigenvalue weighted by atomic mass is 10.1. The van der Waals surface area contributed by atoms with Crippen LogP contribution in [0.1, 0.15) is 54.6 Å². The highest BCUT2D eigenvalue weighted by molar-refractivity contribution is 6.08. The van der Waals surface area contributed by atoms with Crippen molar-refractivity contribution in [1.29, 1.82) is 0 Å². The Morgan fingerprint density at radius 3 is 2.40 bits per heavy atom. The zero-order valence-corrected chi connectivity index (χ0v) is 22.9. The van der Waals surface area contributed by atoms with Gasteiger partial charge in [-0.2, -0.15) is 0 Å². The number of aromatic amines is 3. The van der Waals surface area contributed by atoms with Crippen LogP contribution in [-0.2, 0) is 11.2 Å². The number of hydrogen-bond donors (Lipinski definition) is 7. The lowest BCUT2D eigenvalue weighted by Crippen LogP contribution is -2.46. The number of aryl methyl sites for hydroxylation is 2. The number of nitrogens with zero attached hydrogens (tertiary/aromatic N) is 2. The molecule has 0 atom stereocenters. The molecule has 2 aromatic heterocycles. The van der Waals surface area contributed by atoms with Gasteiger partial charge in [0, 0.05) is 48.5 Å². The third-order valence-corrected chi connectivity index (χ3v) is 5.30. The van der Waals surface area contributed by atoms with Crippen LogP contribution in [0.4, 0.5) is 15.3 Å². The fourth-order valence-corrected chi connectivity index (χ4v) is 3.50. The Morgan fingerprint density at radius 2 is 1.77 bits per heavy atom. The van der Waals surface area contributed by atoms with Crippen molar-refractivity contribution in [3.05, 3.63) is 69.9 Å². The minimum Gasteiger partial charge on any atom is -0.444 e. The Labute approximate surface area is 230 Å². The fraction of sp³-hybridized carbons (Fsp3) is 0.385. The van der Waals surface area contributed by atoms with Crippen LogP contribution >= 0.6 is 0 Å². The first-order valence-corrected chi connectivity index (χ1v) is 12.7. The maximum Gasteiger partial charge on any atom is 0.414 e. The quantitative estimate of drug-likeness (QED) is 0.0863. The molecule has 3 aromatic rings. The highest BCUT2D eigenvalue weighted by Gasteiger charge is 2.18. The van der Waals surface area contributed by atoms with Crippen LogP contribution in [0, 0.1) is 6.92 Å². The molecule has 0 aliphatic rings. The van der Waals surface area contributed by atoms with E-state index in [2.05, 4.69) is 46.2 Å². The van der Waals surface area contributed by atoms with Crippen LogP contribution in [-0.4, -0.2) is 69.0 Å². The summed E-state index contributed by atoms with van der Waals surface area (Å²) in [6.07, 6.45) is 4.21. The van der Waals surface area contributed by atoms with Gasteiger partial charge in [-0.05, 0) is 64.8 Å². The van der Waals surface area contributed by atoms with Crippen LogP contribution in [0.25, 0.3) is 0 Å². The fourth-order valence-electron chi connectivity index (χ4n) is 3.50. The van der Waals surface area contributed by atoms with Gasteiger partial charge < -0.3 is 35.6 Å². The van der Waals surface area contributed by atoms with E-state index in [4.69, 9.17) is 4.74 Å². The van der Waals surface area contributed by atoms with Gasteiger partial charge in [0.2, 0.25) is 11.7 Å². The molecule has 0 bridgehead atoms. The molecule has 7 N–H and O–H groups in total. The second kappa shape index (κ2) is 13.8. The van der Waals surface area contributed by atoms with E-state index in [1.54, 1.807) is 64.5 Å². The second-order valence-electron chi connectivity index (χ2n) is 9.83. The molecule has 0 aliphatic carbocycles. The summed E-state index contributed by atoms with van der Waals surface area (Å²) in [5, 5.41) is 11.0. The second-order valence-corrected chi connectivity index (χ2v) is 9.83. The average molecular weight is 554 g/mol. The molecule has 14 heteroatoms. The van der Waals surface area contributed by atoms with Gasteiger partial charge in [0.25, 0.3) is 0 Å². The van der Waals surface area contributed by atoms with Crippen molar-refractivity contribution in [3.63, 3.8) is 0 Å². The van der Waals surface area contributed by atoms with Gasteiger partial charge in [0.05, 0.1) is 6.33 Å². The largest absolute Gasteiger partial charge is 0.444 e. The maximum atomic E-state index is 12.6. The molecular weight excluding hydrogens is 518 g/mol. The first-order valence-electron chi connectivity index (χ1n) is 12.7. The van der Waals surface area contributed by atoms with E-state index < -0.39 is 23.4 Å². The zero-order valence-electron chi connectivity index (χ0n) is 22.9. The molecule has 2 heterocycles. The number of nitrogens with one attached hydrogen (secondary N) is 7. The minimum atomic E-state index is -0.666. The van der Waals surface area contributed by atoms with Crippen molar-refractivity contribution < 1.29 is 19.1 Å². The number of hydrogen-bond acceptors (Lipinski definition) is 7.